The van der Waals surface area contributed by atoms with Crippen LogP contribution in [0.5, 0.6) is 0 Å². The van der Waals surface area contributed by atoms with Gasteiger partial charge in [0.05, 0.1) is 5.69 Å². The summed E-state index contributed by atoms with van der Waals surface area (Å²) >= 11 is 0. The maximum atomic E-state index is 8.18. The Balaban J connectivity index is 2.08. The van der Waals surface area contributed by atoms with E-state index in [-0.39, 0.29) is 12.0 Å². The number of aryl methyl sites for hydroxylation is 2. The fourth-order valence-electron chi connectivity index (χ4n) is 2.79. The van der Waals surface area contributed by atoms with Crippen LogP contribution in [-0.2, 0) is 6.42 Å². The first-order valence-corrected chi connectivity index (χ1v) is 7.28. The second kappa shape index (κ2) is 5.92. The van der Waals surface area contributed by atoms with Gasteiger partial charge in [0.2, 0.25) is 0 Å². The minimum absolute atomic E-state index is 0.102. The van der Waals surface area contributed by atoms with E-state index in [1.54, 1.807) is 18.3 Å². The molecule has 1 heteroatoms. The zero-order chi connectivity index (χ0) is 21.6. The highest BCUT2D eigenvalue weighted by atomic mass is 14.7. The molecule has 0 bridgehead atoms. The van der Waals surface area contributed by atoms with Crippen LogP contribution in [0.2, 0.25) is 0 Å². The molecule has 3 rings (SSSR count). The van der Waals surface area contributed by atoms with Gasteiger partial charge in [-0.2, -0.15) is 0 Å². The lowest BCUT2D eigenvalue weighted by Crippen LogP contribution is -1.94. The Morgan fingerprint density at radius 2 is 2.00 bits per heavy atom. The zero-order valence-electron chi connectivity index (χ0n) is 19.8. The second-order valence-electron chi connectivity index (χ2n) is 5.76. The summed E-state index contributed by atoms with van der Waals surface area (Å²) in [5, 5.41) is 1.71. The largest absolute Gasteiger partial charge is 0.256 e. The lowest BCUT2D eigenvalue weighted by Gasteiger charge is -2.10. The third-order valence-corrected chi connectivity index (χ3v) is 3.65. The molecule has 0 spiro atoms. The molecule has 0 fully saturated rings. The van der Waals surface area contributed by atoms with Crippen molar-refractivity contribution >= 4 is 10.8 Å². The predicted octanol–water partition coefficient (Wildman–Crippen LogP) is 5.72. The van der Waals surface area contributed by atoms with Crippen LogP contribution in [0.15, 0.2) is 48.7 Å². The highest BCUT2D eigenvalue weighted by Gasteiger charge is 2.08. The second-order valence-corrected chi connectivity index (χ2v) is 5.76. The van der Waals surface area contributed by atoms with E-state index >= 15 is 0 Å². The van der Waals surface area contributed by atoms with Crippen molar-refractivity contribution in [2.75, 3.05) is 0 Å². The van der Waals surface area contributed by atoms with Gasteiger partial charge >= 0.3 is 0 Å². The molecule has 1 heterocycles. The molecular weight excluding hydrogens is 266 g/mol. The summed E-state index contributed by atoms with van der Waals surface area (Å²) in [5.41, 5.74) is 3.27. The average molecular weight is 296 g/mol. The summed E-state index contributed by atoms with van der Waals surface area (Å²) in [4.78, 5) is 4.47. The summed E-state index contributed by atoms with van der Waals surface area (Å²) < 4.78 is 54.0. The van der Waals surface area contributed by atoms with Crippen molar-refractivity contribution in [3.63, 3.8) is 0 Å². The van der Waals surface area contributed by atoms with E-state index in [2.05, 4.69) is 4.98 Å². The molecule has 112 valence electrons. The summed E-state index contributed by atoms with van der Waals surface area (Å²) in [6.45, 7) is -1.30. The molecule has 1 nitrogen and oxygen atoms in total. The van der Waals surface area contributed by atoms with Gasteiger partial charge in [0.25, 0.3) is 0 Å². The summed E-state index contributed by atoms with van der Waals surface area (Å²) in [5.74, 6) is -1.58. The van der Waals surface area contributed by atoms with Crippen molar-refractivity contribution in [3.8, 4) is 11.3 Å². The first-order valence-electron chi connectivity index (χ1n) is 10.8. The Hall–Kier alpha value is -2.15. The first kappa shape index (κ1) is 8.47. The minimum Gasteiger partial charge on any atom is -0.256 e. The molecule has 0 N–H and O–H groups in total. The molecule has 0 aliphatic heterocycles. The van der Waals surface area contributed by atoms with Gasteiger partial charge in [0, 0.05) is 26.7 Å². The van der Waals surface area contributed by atoms with Crippen molar-refractivity contribution in [1.29, 1.82) is 0 Å². The molecule has 3 aromatic rings. The number of fused-ring (bicyclic) bond motifs is 1. The molecule has 0 aliphatic rings. The third kappa shape index (κ3) is 3.04. The summed E-state index contributed by atoms with van der Waals surface area (Å²) in [6.07, 6.45) is 1.76. The van der Waals surface area contributed by atoms with Gasteiger partial charge in [-0.05, 0) is 55.2 Å². The van der Waals surface area contributed by atoms with Crippen LogP contribution in [-0.4, -0.2) is 4.98 Å². The summed E-state index contributed by atoms with van der Waals surface area (Å²) in [7, 11) is 0. The number of benzene rings is 2. The Morgan fingerprint density at radius 1 is 1.14 bits per heavy atom. The highest BCUT2D eigenvalue weighted by molar-refractivity contribution is 5.95. The Bertz CT molecular complexity index is 1050. The monoisotopic (exact) mass is 296 g/mol. The van der Waals surface area contributed by atoms with Crippen LogP contribution in [0, 0.1) is 19.7 Å². The number of hydrogen-bond acceptors (Lipinski definition) is 1. The fourth-order valence-corrected chi connectivity index (χ4v) is 2.79. The lowest BCUT2D eigenvalue weighted by molar-refractivity contribution is 0.648. The number of pyridine rings is 1. The van der Waals surface area contributed by atoms with Gasteiger partial charge in [-0.1, -0.05) is 49.2 Å². The predicted molar refractivity (Wildman–Crippen MR) is 95.2 cm³/mol. The van der Waals surface area contributed by atoms with Crippen molar-refractivity contribution in [2.24, 2.45) is 5.89 Å². The molecule has 1 unspecified atom stereocenters. The molecule has 0 amide bonds. The van der Waals surface area contributed by atoms with E-state index in [1.807, 2.05) is 37.3 Å². The Kier molecular flexibility index (Phi) is 2.28. The van der Waals surface area contributed by atoms with Gasteiger partial charge < -0.3 is 0 Å². The molecule has 0 saturated carbocycles. The smallest absolute Gasteiger partial charge is 0.0780 e. The third-order valence-electron chi connectivity index (χ3n) is 3.65. The minimum atomic E-state index is -2.38. The van der Waals surface area contributed by atoms with Crippen LogP contribution in [0.4, 0.5) is 0 Å². The van der Waals surface area contributed by atoms with Crippen LogP contribution in [0.1, 0.15) is 40.1 Å². The van der Waals surface area contributed by atoms with Crippen LogP contribution in [0.3, 0.4) is 0 Å². The van der Waals surface area contributed by atoms with Crippen LogP contribution in [0.25, 0.3) is 22.0 Å². The van der Waals surface area contributed by atoms with Gasteiger partial charge in [0.15, 0.2) is 0 Å². The molecule has 0 aliphatic carbocycles. The van der Waals surface area contributed by atoms with Crippen molar-refractivity contribution < 1.29 is 9.60 Å². The van der Waals surface area contributed by atoms with Crippen molar-refractivity contribution in [3.05, 3.63) is 65.4 Å². The number of nitrogens with zero attached hydrogens (tertiary/aromatic N) is 1. The average Bonchev–Trinajstić information content (AvgIpc) is 2.58. The number of aromatic nitrogens is 1. The maximum Gasteiger partial charge on any atom is 0.0780 e. The highest BCUT2D eigenvalue weighted by Crippen LogP contribution is 2.29. The molecule has 1 aromatic heterocycles. The standard InChI is InChI=1S/C21H23N/c1-14(2)9-17-5-6-20-18(13-17)7-8-22-21(20)19-11-15(3)10-16(4)12-19/h5-8,10-14H,9H2,1-4H3/i1D3,3D3,14D. The molecule has 1 atom stereocenters. The maximum absolute atomic E-state index is 8.18. The van der Waals surface area contributed by atoms with E-state index in [0.717, 1.165) is 27.5 Å². The lowest BCUT2D eigenvalue weighted by atomic mass is 9.97. The molecule has 0 radical (unpaired) electrons. The number of rotatable bonds is 3. The zero-order valence-corrected chi connectivity index (χ0v) is 12.8. The van der Waals surface area contributed by atoms with Gasteiger partial charge in [-0.25, -0.2) is 0 Å². The quantitative estimate of drug-likeness (QED) is 0.602. The summed E-state index contributed by atoms with van der Waals surface area (Å²) in [6, 6.07) is 12.6. The van der Waals surface area contributed by atoms with E-state index in [4.69, 9.17) is 9.60 Å². The fraction of sp³-hybridized carbons (Fsp3) is 0.286. The SMILES string of the molecule is [2H]C([2H])([2H])c1cc(C)cc(-c2nccc3cc(CC([2H])(C)C([2H])([2H])[2H])ccc23)c1. The van der Waals surface area contributed by atoms with Crippen molar-refractivity contribution in [2.45, 2.75) is 34.0 Å². The van der Waals surface area contributed by atoms with E-state index in [0.29, 0.717) is 5.69 Å². The van der Waals surface area contributed by atoms with E-state index < -0.39 is 19.6 Å². The Labute approximate surface area is 142 Å². The number of hydrogen-bond donors (Lipinski definition) is 0. The van der Waals surface area contributed by atoms with Crippen LogP contribution < -0.4 is 0 Å². The van der Waals surface area contributed by atoms with Gasteiger partial charge in [-0.15, -0.1) is 0 Å². The molecule has 2 aromatic carbocycles. The van der Waals surface area contributed by atoms with Gasteiger partial charge in [-0.3, -0.25) is 4.98 Å². The van der Waals surface area contributed by atoms with E-state index in [9.17, 15) is 0 Å². The topological polar surface area (TPSA) is 12.9 Å². The molecule has 0 saturated heterocycles. The first-order chi connectivity index (χ1) is 13.3. The van der Waals surface area contributed by atoms with Gasteiger partial charge in [0.1, 0.15) is 0 Å². The molecule has 22 heavy (non-hydrogen) atoms. The van der Waals surface area contributed by atoms with Crippen molar-refractivity contribution in [1.82, 2.24) is 4.98 Å². The molecular formula is C21H23N. The normalized spacial score (nSPS) is 19.8. The van der Waals surface area contributed by atoms with Crippen LogP contribution >= 0.6 is 0 Å². The Morgan fingerprint density at radius 3 is 2.82 bits per heavy atom. The van der Waals surface area contributed by atoms with E-state index in [1.165, 1.54) is 6.92 Å².